The average molecular weight is 414 g/mol. The Hall–Kier alpha value is -3.33. The Morgan fingerprint density at radius 3 is 2.55 bits per heavy atom. The van der Waals surface area contributed by atoms with E-state index in [1.807, 2.05) is 30.3 Å². The molecule has 1 amide bonds. The molecule has 3 aromatic rings. The maximum Gasteiger partial charge on any atom is 0.442 e. The first kappa shape index (κ1) is 20.4. The van der Waals surface area contributed by atoms with Crippen LogP contribution in [0.4, 0.5) is 5.69 Å². The highest BCUT2D eigenvalue weighted by Gasteiger charge is 2.23. The Morgan fingerprint density at radius 2 is 1.86 bits per heavy atom. The number of nitrogens with zero attached hydrogens (tertiary/aromatic N) is 1. The summed E-state index contributed by atoms with van der Waals surface area (Å²) in [6.45, 7) is 2.04. The maximum absolute atomic E-state index is 12.2. The first-order valence-electron chi connectivity index (χ1n) is 8.97. The lowest BCUT2D eigenvalue weighted by atomic mass is 10.2. The maximum atomic E-state index is 12.2. The Labute approximate surface area is 170 Å². The molecule has 150 valence electrons. The van der Waals surface area contributed by atoms with E-state index in [0.29, 0.717) is 28.6 Å². The zero-order valence-corrected chi connectivity index (χ0v) is 16.5. The molecule has 0 saturated heterocycles. The van der Waals surface area contributed by atoms with Crippen molar-refractivity contribution in [2.75, 3.05) is 17.7 Å². The van der Waals surface area contributed by atoms with Gasteiger partial charge in [-0.15, -0.1) is 0 Å². The highest BCUT2D eigenvalue weighted by atomic mass is 32.2. The molecule has 3 rings (SSSR count). The van der Waals surface area contributed by atoms with Crippen LogP contribution in [0.2, 0.25) is 0 Å². The quantitative estimate of drug-likeness (QED) is 0.333. The second-order valence-corrected chi connectivity index (χ2v) is 6.98. The molecule has 2 aromatic carbocycles. The largest absolute Gasteiger partial charge is 0.462 e. The van der Waals surface area contributed by atoms with Gasteiger partial charge in [-0.3, -0.25) is 9.32 Å². The lowest BCUT2D eigenvalue weighted by Crippen LogP contribution is -2.36. The summed E-state index contributed by atoms with van der Waals surface area (Å²) in [5, 5.41) is 5.69. The molecule has 9 heteroatoms. The summed E-state index contributed by atoms with van der Waals surface area (Å²) >= 11 is 1.23. The summed E-state index contributed by atoms with van der Waals surface area (Å²) in [7, 11) is 0. The molecule has 0 bridgehead atoms. The molecule has 0 aliphatic rings. The Kier molecular flexibility index (Phi) is 6.85. The average Bonchev–Trinajstić information content (AvgIpc) is 3.10. The minimum Gasteiger partial charge on any atom is -0.462 e. The number of carbonyl (C=O) groups excluding carboxylic acids is 2. The van der Waals surface area contributed by atoms with Gasteiger partial charge in [-0.05, 0) is 52.9 Å². The first-order valence-corrected chi connectivity index (χ1v) is 9.96. The second kappa shape index (κ2) is 9.74. The van der Waals surface area contributed by atoms with E-state index in [4.69, 9.17) is 9.26 Å². The van der Waals surface area contributed by atoms with Crippen LogP contribution in [0.5, 0.6) is 0 Å². The number of benzene rings is 2. The number of para-hydroxylation sites is 1. The molecule has 0 aliphatic carbocycles. The van der Waals surface area contributed by atoms with E-state index in [1.165, 1.54) is 11.8 Å². The minimum atomic E-state index is -0.492. The molecule has 8 nitrogen and oxygen atoms in total. The van der Waals surface area contributed by atoms with Gasteiger partial charge in [0.05, 0.1) is 12.2 Å². The van der Waals surface area contributed by atoms with Gasteiger partial charge in [-0.25, -0.2) is 9.59 Å². The number of aromatic amines is 1. The van der Waals surface area contributed by atoms with Gasteiger partial charge >= 0.3 is 16.6 Å². The van der Waals surface area contributed by atoms with Crippen molar-refractivity contribution in [2.45, 2.75) is 18.4 Å². The van der Waals surface area contributed by atoms with E-state index in [9.17, 15) is 14.4 Å². The summed E-state index contributed by atoms with van der Waals surface area (Å²) in [5.41, 5.74) is 1.26. The standard InChI is InChI=1S/C20H19N3O5S/c1-2-27-19(25)14-8-10-15(11-9-14)21-17(24)12-13-29-18-20(26)28-22-23(18)16-6-4-3-5-7-16/h3-11H,2,12-13H2,1H3,(H-,21,22,24,25,26)/p+1. The highest BCUT2D eigenvalue weighted by Crippen LogP contribution is 2.14. The number of anilines is 1. The van der Waals surface area contributed by atoms with Gasteiger partial charge in [0.15, 0.2) is 0 Å². The molecule has 0 spiro atoms. The summed E-state index contributed by atoms with van der Waals surface area (Å²) < 4.78 is 11.3. The van der Waals surface area contributed by atoms with Crippen molar-refractivity contribution < 1.29 is 23.5 Å². The van der Waals surface area contributed by atoms with E-state index < -0.39 is 11.6 Å². The number of hydrogen-bond donors (Lipinski definition) is 2. The molecule has 0 aliphatic heterocycles. The molecular formula is C20H20N3O5S+. The molecule has 0 radical (unpaired) electrons. The van der Waals surface area contributed by atoms with Crippen LogP contribution in [0.3, 0.4) is 0 Å². The van der Waals surface area contributed by atoms with Crippen molar-refractivity contribution in [2.24, 2.45) is 0 Å². The van der Waals surface area contributed by atoms with E-state index in [0.717, 1.165) is 5.69 Å². The van der Waals surface area contributed by atoms with Crippen LogP contribution in [0.1, 0.15) is 23.7 Å². The fourth-order valence-electron chi connectivity index (χ4n) is 2.50. The fourth-order valence-corrected chi connectivity index (χ4v) is 3.41. The van der Waals surface area contributed by atoms with Gasteiger partial charge in [-0.1, -0.05) is 18.2 Å². The predicted molar refractivity (Wildman–Crippen MR) is 107 cm³/mol. The topological polar surface area (TPSA) is 105 Å². The van der Waals surface area contributed by atoms with E-state index in [1.54, 1.807) is 35.9 Å². The minimum absolute atomic E-state index is 0.198. The monoisotopic (exact) mass is 414 g/mol. The van der Waals surface area contributed by atoms with Gasteiger partial charge in [-0.2, -0.15) is 0 Å². The number of thioether (sulfide) groups is 1. The lowest BCUT2D eigenvalue weighted by molar-refractivity contribution is -0.704. The van der Waals surface area contributed by atoms with Crippen LogP contribution >= 0.6 is 11.8 Å². The van der Waals surface area contributed by atoms with Gasteiger partial charge in [0.25, 0.3) is 0 Å². The number of amides is 1. The van der Waals surface area contributed by atoms with Gasteiger partial charge in [0.1, 0.15) is 0 Å². The van der Waals surface area contributed by atoms with Crippen molar-refractivity contribution in [3.05, 3.63) is 70.6 Å². The Balaban J connectivity index is 1.54. The molecule has 2 N–H and O–H groups in total. The summed E-state index contributed by atoms with van der Waals surface area (Å²) in [6, 6.07) is 15.7. The highest BCUT2D eigenvalue weighted by molar-refractivity contribution is 7.99. The summed E-state index contributed by atoms with van der Waals surface area (Å²) in [6.07, 6.45) is 0.198. The van der Waals surface area contributed by atoms with Crippen LogP contribution in [0.25, 0.3) is 5.69 Å². The second-order valence-electron chi connectivity index (χ2n) is 5.90. The fraction of sp³-hybridized carbons (Fsp3) is 0.200. The molecule has 1 aromatic heterocycles. The van der Waals surface area contributed by atoms with Gasteiger partial charge < -0.3 is 10.1 Å². The molecule has 0 saturated carbocycles. The third kappa shape index (κ3) is 5.35. The summed E-state index contributed by atoms with van der Waals surface area (Å²) in [4.78, 5) is 35.7. The zero-order valence-electron chi connectivity index (χ0n) is 15.7. The third-order valence-electron chi connectivity index (χ3n) is 3.87. The predicted octanol–water partition coefficient (Wildman–Crippen LogP) is 2.54. The van der Waals surface area contributed by atoms with Gasteiger partial charge in [0.2, 0.25) is 11.6 Å². The number of esters is 1. The molecule has 1 heterocycles. The van der Waals surface area contributed by atoms with Crippen LogP contribution in [0.15, 0.2) is 68.9 Å². The van der Waals surface area contributed by atoms with E-state index in [2.05, 4.69) is 10.6 Å². The van der Waals surface area contributed by atoms with Gasteiger partial charge in [0, 0.05) is 30.0 Å². The number of ether oxygens (including phenoxy) is 1. The number of nitrogens with one attached hydrogen (secondary N) is 2. The van der Waals surface area contributed by atoms with Crippen molar-refractivity contribution in [1.29, 1.82) is 0 Å². The van der Waals surface area contributed by atoms with Crippen molar-refractivity contribution in [3.63, 3.8) is 0 Å². The van der Waals surface area contributed by atoms with Crippen molar-refractivity contribution in [3.8, 4) is 5.69 Å². The van der Waals surface area contributed by atoms with Crippen LogP contribution < -0.4 is 15.6 Å². The molecular weight excluding hydrogens is 394 g/mol. The van der Waals surface area contributed by atoms with Crippen LogP contribution in [-0.2, 0) is 9.53 Å². The Bertz CT molecular complexity index is 1030. The Morgan fingerprint density at radius 1 is 1.14 bits per heavy atom. The SMILES string of the molecule is CCOC(=O)c1ccc(NC(=O)CCSc2c(=O)o[nH][n+]2-c2ccccc2)cc1. The molecule has 0 unspecified atom stereocenters. The molecule has 29 heavy (non-hydrogen) atoms. The van der Waals surface area contributed by atoms with Crippen LogP contribution in [-0.4, -0.2) is 29.5 Å². The van der Waals surface area contributed by atoms with Crippen molar-refractivity contribution >= 4 is 29.3 Å². The number of carbonyl (C=O) groups is 2. The third-order valence-corrected chi connectivity index (χ3v) is 4.90. The molecule has 0 atom stereocenters. The molecule has 0 fully saturated rings. The van der Waals surface area contributed by atoms with E-state index in [-0.39, 0.29) is 12.3 Å². The number of aromatic nitrogens is 2. The number of hydrogen-bond acceptors (Lipinski definition) is 6. The smallest absolute Gasteiger partial charge is 0.442 e. The summed E-state index contributed by atoms with van der Waals surface area (Å²) in [5.74, 6) is -0.214. The van der Waals surface area contributed by atoms with E-state index >= 15 is 0 Å². The number of H-pyrrole nitrogens is 1. The zero-order chi connectivity index (χ0) is 20.6. The normalized spacial score (nSPS) is 10.5. The first-order chi connectivity index (χ1) is 14.1. The van der Waals surface area contributed by atoms with Crippen molar-refractivity contribution in [1.82, 2.24) is 5.27 Å². The lowest BCUT2D eigenvalue weighted by Gasteiger charge is -2.06. The number of rotatable bonds is 8. The van der Waals surface area contributed by atoms with Crippen LogP contribution in [0, 0.1) is 0 Å².